The van der Waals surface area contributed by atoms with Gasteiger partial charge in [0.2, 0.25) is 0 Å². The van der Waals surface area contributed by atoms with Crippen LogP contribution >= 0.6 is 0 Å². The summed E-state index contributed by atoms with van der Waals surface area (Å²) in [5.41, 5.74) is -0.514. The predicted octanol–water partition coefficient (Wildman–Crippen LogP) is 2.51. The molecule has 18 heavy (non-hydrogen) atoms. The molecule has 2 bridgehead atoms. The van der Waals surface area contributed by atoms with Crippen LogP contribution in [-0.2, 0) is 0 Å². The zero-order valence-electron chi connectivity index (χ0n) is 9.86. The minimum Gasteiger partial charge on any atom is -0.252 e. The van der Waals surface area contributed by atoms with Gasteiger partial charge in [-0.15, -0.1) is 0 Å². The monoisotopic (exact) mass is 256 g/mol. The zero-order valence-corrected chi connectivity index (χ0v) is 9.86. The Bertz CT molecular complexity index is 509. The number of aliphatic imine (C=N–C) groups is 2. The molecule has 0 unspecified atom stereocenters. The topological polar surface area (TPSA) is 40.3 Å². The predicted molar refractivity (Wildman–Crippen MR) is 63.6 cm³/mol. The van der Waals surface area contributed by atoms with E-state index in [1.807, 2.05) is 0 Å². The van der Waals surface area contributed by atoms with Crippen molar-refractivity contribution in [3.63, 3.8) is 0 Å². The van der Waals surface area contributed by atoms with Gasteiger partial charge in [0.05, 0.1) is 6.42 Å². The van der Waals surface area contributed by atoms with Gasteiger partial charge < -0.3 is 0 Å². The third kappa shape index (κ3) is 2.66. The van der Waals surface area contributed by atoms with Gasteiger partial charge in [0.25, 0.3) is 0 Å². The van der Waals surface area contributed by atoms with E-state index < -0.39 is 11.9 Å². The Kier molecular flexibility index (Phi) is 3.06. The van der Waals surface area contributed by atoms with Gasteiger partial charge in [0.1, 0.15) is 11.5 Å². The van der Waals surface area contributed by atoms with Gasteiger partial charge in [0, 0.05) is 13.2 Å². The summed E-state index contributed by atoms with van der Waals surface area (Å²) in [5, 5.41) is 5.34. The SMILES string of the molecule is CC1=C\C(C(F)(F)F)=NC2=NN(C)C(=N/C=C\1)C2. The van der Waals surface area contributed by atoms with Gasteiger partial charge in [-0.05, 0) is 24.6 Å². The van der Waals surface area contributed by atoms with E-state index in [4.69, 9.17) is 0 Å². The summed E-state index contributed by atoms with van der Waals surface area (Å²) in [6.45, 7) is 1.56. The van der Waals surface area contributed by atoms with E-state index >= 15 is 0 Å². The fraction of sp³-hybridized carbons (Fsp3) is 0.364. The van der Waals surface area contributed by atoms with Crippen molar-refractivity contribution in [2.75, 3.05) is 7.05 Å². The maximum atomic E-state index is 12.8. The van der Waals surface area contributed by atoms with Crippen molar-refractivity contribution in [2.24, 2.45) is 15.1 Å². The Hall–Kier alpha value is -1.92. The average Bonchev–Trinajstić information content (AvgIpc) is 2.56. The highest BCUT2D eigenvalue weighted by atomic mass is 19.4. The Morgan fingerprint density at radius 1 is 1.33 bits per heavy atom. The van der Waals surface area contributed by atoms with Crippen molar-refractivity contribution in [3.05, 3.63) is 23.9 Å². The van der Waals surface area contributed by atoms with Crippen LogP contribution in [0, 0.1) is 0 Å². The van der Waals surface area contributed by atoms with Gasteiger partial charge in [-0.1, -0.05) is 0 Å². The molecule has 4 nitrogen and oxygen atoms in total. The molecule has 0 aromatic carbocycles. The highest BCUT2D eigenvalue weighted by Crippen LogP contribution is 2.21. The molecule has 0 aliphatic carbocycles. The van der Waals surface area contributed by atoms with Crippen LogP contribution < -0.4 is 0 Å². The van der Waals surface area contributed by atoms with Gasteiger partial charge >= 0.3 is 6.18 Å². The number of nitrogens with zero attached hydrogens (tertiary/aromatic N) is 4. The molecule has 2 aliphatic rings. The van der Waals surface area contributed by atoms with E-state index in [1.54, 1.807) is 14.0 Å². The molecule has 0 amide bonds. The highest BCUT2D eigenvalue weighted by Gasteiger charge is 2.35. The fourth-order valence-corrected chi connectivity index (χ4v) is 1.53. The van der Waals surface area contributed by atoms with E-state index in [0.717, 1.165) is 6.08 Å². The van der Waals surface area contributed by atoms with E-state index in [2.05, 4.69) is 15.1 Å². The van der Waals surface area contributed by atoms with Crippen LogP contribution in [0.4, 0.5) is 13.2 Å². The minimum atomic E-state index is -4.49. The summed E-state index contributed by atoms with van der Waals surface area (Å²) in [6.07, 6.45) is -0.332. The van der Waals surface area contributed by atoms with Gasteiger partial charge in [-0.3, -0.25) is 5.01 Å². The first-order valence-electron chi connectivity index (χ1n) is 5.25. The lowest BCUT2D eigenvalue weighted by atomic mass is 10.2. The molecule has 0 N–H and O–H groups in total. The Morgan fingerprint density at radius 3 is 2.72 bits per heavy atom. The molecule has 0 radical (unpaired) electrons. The van der Waals surface area contributed by atoms with Crippen LogP contribution in [0.1, 0.15) is 13.3 Å². The second-order valence-corrected chi connectivity index (χ2v) is 3.96. The van der Waals surface area contributed by atoms with Crippen LogP contribution in [0.2, 0.25) is 0 Å². The Morgan fingerprint density at radius 2 is 2.06 bits per heavy atom. The van der Waals surface area contributed by atoms with E-state index in [-0.39, 0.29) is 12.3 Å². The first kappa shape index (κ1) is 12.5. The average molecular weight is 256 g/mol. The van der Waals surface area contributed by atoms with E-state index in [0.29, 0.717) is 11.4 Å². The summed E-state index contributed by atoms with van der Waals surface area (Å²) >= 11 is 0. The summed E-state index contributed by atoms with van der Waals surface area (Å²) in [6, 6.07) is 0. The smallest absolute Gasteiger partial charge is 0.252 e. The summed E-state index contributed by atoms with van der Waals surface area (Å²) in [7, 11) is 1.63. The van der Waals surface area contributed by atoms with Crippen LogP contribution in [0.25, 0.3) is 0 Å². The molecule has 0 spiro atoms. The second kappa shape index (κ2) is 4.40. The van der Waals surface area contributed by atoms with Crippen LogP contribution in [-0.4, -0.2) is 35.6 Å². The molecule has 0 saturated carbocycles. The first-order chi connectivity index (χ1) is 8.36. The van der Waals surface area contributed by atoms with Crippen LogP contribution in [0.3, 0.4) is 0 Å². The summed E-state index contributed by atoms with van der Waals surface area (Å²) in [5.74, 6) is 0.684. The summed E-state index contributed by atoms with van der Waals surface area (Å²) in [4.78, 5) is 7.70. The largest absolute Gasteiger partial charge is 0.433 e. The molecular weight excluding hydrogens is 245 g/mol. The normalized spacial score (nSPS) is 24.8. The first-order valence-corrected chi connectivity index (χ1v) is 5.25. The lowest BCUT2D eigenvalue weighted by Crippen LogP contribution is -2.22. The fourth-order valence-electron chi connectivity index (χ4n) is 1.53. The van der Waals surface area contributed by atoms with Crippen molar-refractivity contribution in [1.29, 1.82) is 0 Å². The molecular formula is C11H11F3N4. The molecule has 0 aromatic heterocycles. The Balaban J connectivity index is 2.50. The van der Waals surface area contributed by atoms with Crippen molar-refractivity contribution >= 4 is 17.4 Å². The number of hydrazone groups is 1. The van der Waals surface area contributed by atoms with Gasteiger partial charge in [0.15, 0.2) is 5.84 Å². The summed E-state index contributed by atoms with van der Waals surface area (Å²) < 4.78 is 38.4. The minimum absolute atomic E-state index is 0.114. The number of amidine groups is 2. The number of alkyl halides is 3. The molecule has 2 aliphatic heterocycles. The number of hydrogen-bond acceptors (Lipinski definition) is 4. The molecule has 2 heterocycles. The van der Waals surface area contributed by atoms with Crippen molar-refractivity contribution < 1.29 is 13.2 Å². The van der Waals surface area contributed by atoms with E-state index in [1.165, 1.54) is 17.3 Å². The molecule has 0 fully saturated rings. The molecule has 0 saturated heterocycles. The second-order valence-electron chi connectivity index (χ2n) is 3.96. The molecule has 2 rings (SSSR count). The zero-order chi connectivity index (χ0) is 13.3. The van der Waals surface area contributed by atoms with Crippen molar-refractivity contribution in [2.45, 2.75) is 19.5 Å². The van der Waals surface area contributed by atoms with Crippen LogP contribution in [0.15, 0.2) is 39.0 Å². The number of fused-ring (bicyclic) bond motifs is 2. The van der Waals surface area contributed by atoms with Crippen LogP contribution in [0.5, 0.6) is 0 Å². The quantitative estimate of drug-likeness (QED) is 0.656. The molecule has 0 atom stereocenters. The van der Waals surface area contributed by atoms with Crippen molar-refractivity contribution in [1.82, 2.24) is 5.01 Å². The number of halogens is 3. The maximum absolute atomic E-state index is 12.8. The third-order valence-electron chi connectivity index (χ3n) is 2.42. The Labute approximate surface area is 102 Å². The van der Waals surface area contributed by atoms with Gasteiger partial charge in [-0.2, -0.15) is 18.3 Å². The standard InChI is InChI=1S/C11H11F3N4/c1-7-3-4-15-10-6-9(17-18(10)2)16-8(5-7)11(12,13)14/h3-5H,6H2,1-2H3/b4-3-,7-5+,15-10?,16-8?. The lowest BCUT2D eigenvalue weighted by molar-refractivity contribution is -0.0576. The van der Waals surface area contributed by atoms with E-state index in [9.17, 15) is 13.2 Å². The number of hydrogen-bond donors (Lipinski definition) is 0. The van der Waals surface area contributed by atoms with Gasteiger partial charge in [-0.25, -0.2) is 9.98 Å². The highest BCUT2D eigenvalue weighted by molar-refractivity contribution is 6.14. The third-order valence-corrected chi connectivity index (χ3v) is 2.42. The number of allylic oxidation sites excluding steroid dienone is 3. The molecule has 7 heteroatoms. The van der Waals surface area contributed by atoms with Crippen molar-refractivity contribution in [3.8, 4) is 0 Å². The molecule has 96 valence electrons. The maximum Gasteiger partial charge on any atom is 0.433 e. The lowest BCUT2D eigenvalue weighted by Gasteiger charge is -2.07. The number of rotatable bonds is 0. The molecule has 0 aromatic rings.